The Bertz CT molecular complexity index is 1110. The molecular formula is C17H17N4O4S-. The number of carboxylic acids is 1. The third kappa shape index (κ3) is 3.17. The van der Waals surface area contributed by atoms with E-state index in [1.54, 1.807) is 4.57 Å². The van der Waals surface area contributed by atoms with E-state index in [2.05, 4.69) is 4.98 Å². The van der Waals surface area contributed by atoms with E-state index in [4.69, 9.17) is 0 Å². The summed E-state index contributed by atoms with van der Waals surface area (Å²) in [5.41, 5.74) is 1.57. The van der Waals surface area contributed by atoms with Crippen molar-refractivity contribution < 1.29 is 9.90 Å². The average molecular weight is 373 g/mol. The summed E-state index contributed by atoms with van der Waals surface area (Å²) < 4.78 is 3.95. The van der Waals surface area contributed by atoms with Gasteiger partial charge in [0.1, 0.15) is 0 Å². The average Bonchev–Trinajstić information content (AvgIpc) is 2.96. The molecule has 3 rings (SSSR count). The zero-order valence-electron chi connectivity index (χ0n) is 14.6. The Morgan fingerprint density at radius 1 is 1.15 bits per heavy atom. The van der Waals surface area contributed by atoms with E-state index in [9.17, 15) is 19.5 Å². The van der Waals surface area contributed by atoms with Crippen molar-refractivity contribution in [2.75, 3.05) is 5.75 Å². The maximum absolute atomic E-state index is 12.7. The topological polar surface area (TPSA) is 102 Å². The lowest BCUT2D eigenvalue weighted by Crippen LogP contribution is -2.37. The highest BCUT2D eigenvalue weighted by Crippen LogP contribution is 2.22. The van der Waals surface area contributed by atoms with Crippen molar-refractivity contribution in [1.29, 1.82) is 0 Å². The molecule has 0 spiro atoms. The first-order valence-corrected chi connectivity index (χ1v) is 8.82. The smallest absolute Gasteiger partial charge is 0.332 e. The van der Waals surface area contributed by atoms with Gasteiger partial charge >= 0.3 is 5.69 Å². The highest BCUT2D eigenvalue weighted by Gasteiger charge is 2.19. The summed E-state index contributed by atoms with van der Waals surface area (Å²) in [7, 11) is 2.93. The standard InChI is InChI=1S/C17H18N4O4S/c1-10-4-6-11(7-5-10)8-21-13-14(18-16(21)26-9-12(22)23)19(2)17(25)20(3)15(13)24/h4-7H,8-9H2,1-3H3,(H,22,23)/p-1. The summed E-state index contributed by atoms with van der Waals surface area (Å²) in [6, 6.07) is 7.77. The number of carboxylic acid groups (broad SMARTS) is 1. The lowest BCUT2D eigenvalue weighted by Gasteiger charge is -2.10. The van der Waals surface area contributed by atoms with Crippen LogP contribution in [0, 0.1) is 6.92 Å². The van der Waals surface area contributed by atoms with Crippen LogP contribution in [0.4, 0.5) is 0 Å². The molecule has 0 saturated carbocycles. The van der Waals surface area contributed by atoms with E-state index < -0.39 is 17.2 Å². The molecule has 3 aromatic rings. The van der Waals surface area contributed by atoms with E-state index in [0.29, 0.717) is 11.7 Å². The molecule has 0 bridgehead atoms. The molecule has 0 amide bonds. The lowest BCUT2D eigenvalue weighted by atomic mass is 10.1. The number of benzene rings is 1. The molecule has 2 heterocycles. The maximum atomic E-state index is 12.7. The van der Waals surface area contributed by atoms with Gasteiger partial charge < -0.3 is 14.5 Å². The molecule has 0 N–H and O–H groups in total. The van der Waals surface area contributed by atoms with Gasteiger partial charge in [0.15, 0.2) is 16.3 Å². The minimum Gasteiger partial charge on any atom is -0.549 e. The fourth-order valence-corrected chi connectivity index (χ4v) is 3.39. The van der Waals surface area contributed by atoms with Crippen molar-refractivity contribution in [2.45, 2.75) is 18.6 Å². The number of thioether (sulfide) groups is 1. The van der Waals surface area contributed by atoms with Gasteiger partial charge in [0, 0.05) is 19.8 Å². The van der Waals surface area contributed by atoms with Gasteiger partial charge in [0.05, 0.1) is 12.5 Å². The Hall–Kier alpha value is -2.81. The van der Waals surface area contributed by atoms with E-state index >= 15 is 0 Å². The Labute approximate surface area is 152 Å². The number of nitrogens with zero attached hydrogens (tertiary/aromatic N) is 4. The van der Waals surface area contributed by atoms with Crippen molar-refractivity contribution in [3.05, 3.63) is 56.2 Å². The van der Waals surface area contributed by atoms with Gasteiger partial charge in [-0.2, -0.15) is 0 Å². The number of hydrogen-bond acceptors (Lipinski definition) is 6. The van der Waals surface area contributed by atoms with Gasteiger partial charge in [-0.05, 0) is 12.5 Å². The number of rotatable bonds is 5. The molecule has 1 aromatic carbocycles. The van der Waals surface area contributed by atoms with E-state index in [0.717, 1.165) is 27.5 Å². The zero-order chi connectivity index (χ0) is 19.0. The van der Waals surface area contributed by atoms with Crippen LogP contribution in [0.5, 0.6) is 0 Å². The fraction of sp³-hybridized carbons (Fsp3) is 0.294. The maximum Gasteiger partial charge on any atom is 0.332 e. The van der Waals surface area contributed by atoms with Gasteiger partial charge in [0.2, 0.25) is 0 Å². The predicted octanol–water partition coefficient (Wildman–Crippen LogP) is -0.368. The SMILES string of the molecule is Cc1ccc(Cn2c(SCC(=O)[O-])nc3c2c(=O)n(C)c(=O)n3C)cc1. The number of aromatic nitrogens is 4. The monoisotopic (exact) mass is 373 g/mol. The van der Waals surface area contributed by atoms with Gasteiger partial charge in [-0.25, -0.2) is 9.78 Å². The first kappa shape index (κ1) is 18.0. The van der Waals surface area contributed by atoms with Crippen LogP contribution in [0.1, 0.15) is 11.1 Å². The van der Waals surface area contributed by atoms with Crippen LogP contribution in [-0.2, 0) is 25.4 Å². The first-order valence-electron chi connectivity index (χ1n) is 7.84. The van der Waals surface area contributed by atoms with E-state index in [1.807, 2.05) is 31.2 Å². The number of aryl methyl sites for hydroxylation is 2. The molecule has 0 aliphatic rings. The molecule has 0 aliphatic carbocycles. The van der Waals surface area contributed by atoms with Crippen molar-refractivity contribution in [3.8, 4) is 0 Å². The second kappa shape index (κ2) is 6.83. The van der Waals surface area contributed by atoms with E-state index in [1.165, 1.54) is 18.7 Å². The number of fused-ring (bicyclic) bond motifs is 1. The summed E-state index contributed by atoms with van der Waals surface area (Å²) in [6.07, 6.45) is 0. The predicted molar refractivity (Wildman–Crippen MR) is 96.2 cm³/mol. The summed E-state index contributed by atoms with van der Waals surface area (Å²) in [6.45, 7) is 2.31. The van der Waals surface area contributed by atoms with Crippen molar-refractivity contribution in [2.24, 2.45) is 14.1 Å². The first-order chi connectivity index (χ1) is 12.3. The quantitative estimate of drug-likeness (QED) is 0.566. The molecule has 0 radical (unpaired) electrons. The van der Waals surface area contributed by atoms with Crippen LogP contribution in [0.3, 0.4) is 0 Å². The molecule has 0 unspecified atom stereocenters. The number of aliphatic carboxylic acids is 1. The molecule has 0 aliphatic heterocycles. The minimum absolute atomic E-state index is 0.228. The summed E-state index contributed by atoms with van der Waals surface area (Å²) >= 11 is 0.959. The van der Waals surface area contributed by atoms with Crippen LogP contribution >= 0.6 is 11.8 Å². The molecule has 0 fully saturated rings. The van der Waals surface area contributed by atoms with Crippen LogP contribution in [0.25, 0.3) is 11.2 Å². The second-order valence-corrected chi connectivity index (χ2v) is 6.95. The van der Waals surface area contributed by atoms with Gasteiger partial charge in [0.25, 0.3) is 5.56 Å². The van der Waals surface area contributed by atoms with Gasteiger partial charge in [-0.1, -0.05) is 41.6 Å². The molecule has 0 atom stereocenters. The number of carbonyl (C=O) groups excluding carboxylic acids is 1. The van der Waals surface area contributed by atoms with Crippen LogP contribution in [0.15, 0.2) is 39.0 Å². The molecule has 2 aromatic heterocycles. The van der Waals surface area contributed by atoms with Crippen LogP contribution in [-0.4, -0.2) is 30.4 Å². The Morgan fingerprint density at radius 3 is 2.42 bits per heavy atom. The number of carbonyl (C=O) groups is 1. The highest BCUT2D eigenvalue weighted by atomic mass is 32.2. The Balaban J connectivity index is 2.23. The van der Waals surface area contributed by atoms with Crippen molar-refractivity contribution in [1.82, 2.24) is 18.7 Å². The normalized spacial score (nSPS) is 11.2. The van der Waals surface area contributed by atoms with Crippen LogP contribution in [0.2, 0.25) is 0 Å². The zero-order valence-corrected chi connectivity index (χ0v) is 15.4. The summed E-state index contributed by atoms with van der Waals surface area (Å²) in [5.74, 6) is -1.53. The third-order valence-corrected chi connectivity index (χ3v) is 5.04. The Kier molecular flexibility index (Phi) is 4.73. The van der Waals surface area contributed by atoms with Gasteiger partial charge in [-0.15, -0.1) is 0 Å². The van der Waals surface area contributed by atoms with E-state index in [-0.39, 0.29) is 16.9 Å². The minimum atomic E-state index is -1.23. The third-order valence-electron chi connectivity index (χ3n) is 4.09. The molecule has 9 heteroatoms. The molecule has 0 saturated heterocycles. The van der Waals surface area contributed by atoms with Gasteiger partial charge in [-0.3, -0.25) is 13.9 Å². The van der Waals surface area contributed by atoms with Crippen molar-refractivity contribution >= 4 is 28.9 Å². The van der Waals surface area contributed by atoms with Crippen molar-refractivity contribution in [3.63, 3.8) is 0 Å². The molecule has 136 valence electrons. The Morgan fingerprint density at radius 2 is 1.81 bits per heavy atom. The highest BCUT2D eigenvalue weighted by molar-refractivity contribution is 7.99. The number of hydrogen-bond donors (Lipinski definition) is 0. The molecular weight excluding hydrogens is 356 g/mol. The summed E-state index contributed by atoms with van der Waals surface area (Å²) in [5, 5.41) is 11.2. The lowest BCUT2D eigenvalue weighted by molar-refractivity contribution is -0.301. The second-order valence-electron chi connectivity index (χ2n) is 6.00. The molecule has 26 heavy (non-hydrogen) atoms. The largest absolute Gasteiger partial charge is 0.549 e. The van der Waals surface area contributed by atoms with Crippen LogP contribution < -0.4 is 16.4 Å². The molecule has 8 nitrogen and oxygen atoms in total. The summed E-state index contributed by atoms with van der Waals surface area (Å²) in [4.78, 5) is 40.0. The number of imidazole rings is 1. The fourth-order valence-electron chi connectivity index (χ4n) is 2.68.